The number of unbranched alkanes of at least 4 members (excludes halogenated alkanes) is 36. The van der Waals surface area contributed by atoms with Crippen LogP contribution in [0.2, 0.25) is 0 Å². The third kappa shape index (κ3) is 33.4. The third-order valence-corrected chi connectivity index (χ3v) is 13.1. The average molecular weight is 882 g/mol. The lowest BCUT2D eigenvalue weighted by Crippen LogP contribution is -2.60. The molecule has 62 heavy (non-hydrogen) atoms. The highest BCUT2D eigenvalue weighted by atomic mass is 16.7. The van der Waals surface area contributed by atoms with E-state index in [0.29, 0.717) is 6.42 Å². The summed E-state index contributed by atoms with van der Waals surface area (Å²) < 4.78 is 11.1. The van der Waals surface area contributed by atoms with Gasteiger partial charge in [0.05, 0.1) is 25.4 Å². The molecule has 0 aromatic carbocycles. The molecule has 0 saturated carbocycles. The molecule has 1 rings (SSSR count). The molecule has 1 fully saturated rings. The quantitative estimate of drug-likeness (QED) is 0.0261. The predicted molar refractivity (Wildman–Crippen MR) is 258 cm³/mol. The van der Waals surface area contributed by atoms with Gasteiger partial charge in [-0.05, 0) is 19.3 Å². The number of carbonyl (C=O) groups excluding carboxylic acids is 1. The van der Waals surface area contributed by atoms with Crippen LogP contribution in [0.1, 0.15) is 264 Å². The predicted octanol–water partition coefficient (Wildman–Crippen LogP) is 12.5. The first-order chi connectivity index (χ1) is 30.3. The van der Waals surface area contributed by atoms with Gasteiger partial charge >= 0.3 is 0 Å². The third-order valence-electron chi connectivity index (χ3n) is 13.1. The van der Waals surface area contributed by atoms with Crippen molar-refractivity contribution >= 4 is 5.91 Å². The second-order valence-corrected chi connectivity index (χ2v) is 19.0. The van der Waals surface area contributed by atoms with Crippen LogP contribution < -0.4 is 5.32 Å². The van der Waals surface area contributed by atoms with E-state index in [9.17, 15) is 30.3 Å². The van der Waals surface area contributed by atoms with E-state index in [1.54, 1.807) is 6.08 Å². The van der Waals surface area contributed by atoms with Gasteiger partial charge < -0.3 is 40.3 Å². The Morgan fingerprint density at radius 2 is 0.887 bits per heavy atom. The fourth-order valence-corrected chi connectivity index (χ4v) is 8.81. The smallest absolute Gasteiger partial charge is 0.220 e. The van der Waals surface area contributed by atoms with Crippen molar-refractivity contribution in [3.63, 3.8) is 0 Å². The number of carbonyl (C=O) groups is 1. The van der Waals surface area contributed by atoms with Gasteiger partial charge in [-0.2, -0.15) is 0 Å². The highest BCUT2D eigenvalue weighted by molar-refractivity contribution is 5.76. The van der Waals surface area contributed by atoms with Crippen molar-refractivity contribution in [2.24, 2.45) is 0 Å². The average Bonchev–Trinajstić information content (AvgIpc) is 3.27. The number of rotatable bonds is 46. The van der Waals surface area contributed by atoms with Crippen LogP contribution in [0.3, 0.4) is 0 Å². The summed E-state index contributed by atoms with van der Waals surface area (Å²) in [7, 11) is 0. The van der Waals surface area contributed by atoms with E-state index in [2.05, 4.69) is 19.2 Å². The highest BCUT2D eigenvalue weighted by Crippen LogP contribution is 2.23. The second kappa shape index (κ2) is 43.8. The van der Waals surface area contributed by atoms with Gasteiger partial charge in [-0.25, -0.2) is 0 Å². The Morgan fingerprint density at radius 3 is 1.26 bits per heavy atom. The van der Waals surface area contributed by atoms with E-state index >= 15 is 0 Å². The minimum Gasteiger partial charge on any atom is -0.394 e. The summed E-state index contributed by atoms with van der Waals surface area (Å²) in [6.45, 7) is 3.68. The van der Waals surface area contributed by atoms with Crippen molar-refractivity contribution in [3.05, 3.63) is 12.2 Å². The molecule has 0 aromatic heterocycles. The van der Waals surface area contributed by atoms with E-state index in [4.69, 9.17) is 9.47 Å². The molecule has 1 saturated heterocycles. The van der Waals surface area contributed by atoms with Gasteiger partial charge in [0.25, 0.3) is 0 Å². The summed E-state index contributed by atoms with van der Waals surface area (Å²) in [6, 6.07) is -0.796. The molecule has 7 unspecified atom stereocenters. The number of amides is 1. The first-order valence-electron chi connectivity index (χ1n) is 26.9. The number of allylic oxidation sites excluding steroid dienone is 1. The standard InChI is InChI=1S/C53H103NO8/c1-3-5-7-9-10-11-12-13-14-15-16-17-18-19-20-21-22-23-24-25-26-27-28-29-30-31-32-33-34-35-36-37-39-41-43-49(57)54-46(47(56)42-40-38-8-6-4-2)45-61-53-52(60)51(59)50(58)48(44-55)62-53/h40,42,46-48,50-53,55-56,58-60H,3-39,41,43-45H2,1-2H3,(H,54,57)/b42-40+. The molecule has 9 nitrogen and oxygen atoms in total. The summed E-state index contributed by atoms with van der Waals surface area (Å²) >= 11 is 0. The number of nitrogens with one attached hydrogen (secondary N) is 1. The Hall–Kier alpha value is -1.07. The Balaban J connectivity index is 1.96. The molecule has 9 heteroatoms. The van der Waals surface area contributed by atoms with Crippen LogP contribution >= 0.6 is 0 Å². The maximum absolute atomic E-state index is 12.9. The molecule has 0 radical (unpaired) electrons. The van der Waals surface area contributed by atoms with Gasteiger partial charge in [0.15, 0.2) is 6.29 Å². The Bertz CT molecular complexity index is 981. The molecule has 0 bridgehead atoms. The Kier molecular flexibility index (Phi) is 41.6. The van der Waals surface area contributed by atoms with Crippen molar-refractivity contribution in [1.82, 2.24) is 5.32 Å². The Labute approximate surface area is 382 Å². The van der Waals surface area contributed by atoms with Crippen LogP contribution in [0, 0.1) is 0 Å². The molecule has 7 atom stereocenters. The molecule has 368 valence electrons. The monoisotopic (exact) mass is 882 g/mol. The first kappa shape index (κ1) is 58.9. The minimum absolute atomic E-state index is 0.179. The zero-order valence-corrected chi connectivity index (χ0v) is 40.6. The molecule has 1 aliphatic heterocycles. The van der Waals surface area contributed by atoms with Crippen LogP contribution in [-0.4, -0.2) is 87.5 Å². The van der Waals surface area contributed by atoms with Crippen LogP contribution in [0.4, 0.5) is 0 Å². The summed E-state index contributed by atoms with van der Waals surface area (Å²) in [5.41, 5.74) is 0. The van der Waals surface area contributed by atoms with E-state index in [0.717, 1.165) is 44.9 Å². The van der Waals surface area contributed by atoms with E-state index in [1.165, 1.54) is 199 Å². The summed E-state index contributed by atoms with van der Waals surface area (Å²) in [4.78, 5) is 12.9. The van der Waals surface area contributed by atoms with Gasteiger partial charge in [-0.1, -0.05) is 251 Å². The zero-order valence-electron chi connectivity index (χ0n) is 40.6. The molecule has 6 N–H and O–H groups in total. The normalized spacial score (nSPS) is 20.3. The van der Waals surface area contributed by atoms with Crippen LogP contribution in [-0.2, 0) is 14.3 Å². The molecule has 0 aromatic rings. The van der Waals surface area contributed by atoms with Crippen LogP contribution in [0.15, 0.2) is 12.2 Å². The van der Waals surface area contributed by atoms with Crippen molar-refractivity contribution in [2.45, 2.75) is 307 Å². The van der Waals surface area contributed by atoms with E-state index in [1.807, 2.05) is 6.08 Å². The van der Waals surface area contributed by atoms with Gasteiger partial charge in [0.2, 0.25) is 5.91 Å². The van der Waals surface area contributed by atoms with Gasteiger partial charge in [0, 0.05) is 6.42 Å². The molecular weight excluding hydrogens is 779 g/mol. The van der Waals surface area contributed by atoms with Crippen molar-refractivity contribution < 1.29 is 39.8 Å². The lowest BCUT2D eigenvalue weighted by atomic mass is 9.99. The van der Waals surface area contributed by atoms with Gasteiger partial charge in [-0.3, -0.25) is 4.79 Å². The van der Waals surface area contributed by atoms with E-state index in [-0.39, 0.29) is 12.5 Å². The fraction of sp³-hybridized carbons (Fsp3) is 0.943. The maximum Gasteiger partial charge on any atom is 0.220 e. The second-order valence-electron chi connectivity index (χ2n) is 19.0. The number of aliphatic hydroxyl groups excluding tert-OH is 5. The lowest BCUT2D eigenvalue weighted by Gasteiger charge is -2.40. The number of aliphatic hydroxyl groups is 5. The summed E-state index contributed by atoms with van der Waals surface area (Å²) in [5, 5.41) is 53.8. The van der Waals surface area contributed by atoms with E-state index < -0.39 is 49.5 Å². The van der Waals surface area contributed by atoms with Crippen molar-refractivity contribution in [3.8, 4) is 0 Å². The molecule has 0 aliphatic carbocycles. The van der Waals surface area contributed by atoms with Crippen LogP contribution in [0.5, 0.6) is 0 Å². The molecule has 1 amide bonds. The van der Waals surface area contributed by atoms with Gasteiger partial charge in [-0.15, -0.1) is 0 Å². The first-order valence-corrected chi connectivity index (χ1v) is 26.9. The number of hydrogen-bond acceptors (Lipinski definition) is 8. The van der Waals surface area contributed by atoms with Crippen LogP contribution in [0.25, 0.3) is 0 Å². The highest BCUT2D eigenvalue weighted by Gasteiger charge is 2.44. The summed E-state index contributed by atoms with van der Waals surface area (Å²) in [5.74, 6) is -0.179. The number of hydrogen-bond donors (Lipinski definition) is 6. The minimum atomic E-state index is -1.56. The van der Waals surface area contributed by atoms with Gasteiger partial charge in [0.1, 0.15) is 24.4 Å². The zero-order chi connectivity index (χ0) is 45.1. The SMILES string of the molecule is CCCCC/C=C/C(O)C(COC1OC(CO)C(O)C(O)C1O)NC(=O)CCCCCCCCCCCCCCCCCCCCCCCCCCCCCCCCCCCC. The summed E-state index contributed by atoms with van der Waals surface area (Å²) in [6.07, 6.45) is 46.5. The molecule has 0 spiro atoms. The maximum atomic E-state index is 12.9. The number of ether oxygens (including phenoxy) is 2. The Morgan fingerprint density at radius 1 is 0.532 bits per heavy atom. The van der Waals surface area contributed by atoms with Crippen molar-refractivity contribution in [2.75, 3.05) is 13.2 Å². The molecule has 1 heterocycles. The topological polar surface area (TPSA) is 149 Å². The largest absolute Gasteiger partial charge is 0.394 e. The lowest BCUT2D eigenvalue weighted by molar-refractivity contribution is -0.302. The molecular formula is C53H103NO8. The van der Waals surface area contributed by atoms with Crippen molar-refractivity contribution in [1.29, 1.82) is 0 Å². The fourth-order valence-electron chi connectivity index (χ4n) is 8.81. The molecule has 1 aliphatic rings.